The van der Waals surface area contributed by atoms with Gasteiger partial charge in [0.05, 0.1) is 5.97 Å². The highest BCUT2D eigenvalue weighted by molar-refractivity contribution is 7.80. The molecule has 1 amide bonds. The number of benzene rings is 2. The van der Waals surface area contributed by atoms with Crippen LogP contribution >= 0.6 is 23.8 Å². The molecule has 5 nitrogen and oxygen atoms in total. The van der Waals surface area contributed by atoms with Gasteiger partial charge in [-0.3, -0.25) is 10.1 Å². The van der Waals surface area contributed by atoms with Gasteiger partial charge in [0.1, 0.15) is 0 Å². The maximum absolute atomic E-state index is 12.0. The summed E-state index contributed by atoms with van der Waals surface area (Å²) in [5.41, 5.74) is 1.41. The number of rotatable bonds is 3. The SMILES string of the molecule is Cc1c(NC(=S)NC(=O)c2ccc(Cl)cc2)cccc1C(=O)[O-]. The molecule has 0 bridgehead atoms. The molecule has 0 spiro atoms. The second kappa shape index (κ2) is 7.21. The standard InChI is InChI=1S/C16H13ClN2O3S/c1-9-12(15(21)22)3-2-4-13(9)18-16(23)19-14(20)10-5-7-11(17)8-6-10/h2-8H,1H3,(H,21,22)(H2,18,19,20,23)/p-1. The molecule has 0 fully saturated rings. The molecule has 0 saturated heterocycles. The number of thiocarbonyl (C=S) groups is 1. The lowest BCUT2D eigenvalue weighted by Gasteiger charge is -2.15. The third-order valence-corrected chi connectivity index (χ3v) is 3.59. The normalized spacial score (nSPS) is 10.0. The number of hydrogen-bond donors (Lipinski definition) is 2. The smallest absolute Gasteiger partial charge is 0.257 e. The van der Waals surface area contributed by atoms with Crippen molar-refractivity contribution in [3.05, 3.63) is 64.2 Å². The minimum Gasteiger partial charge on any atom is -0.545 e. The predicted molar refractivity (Wildman–Crippen MR) is 90.6 cm³/mol. The van der Waals surface area contributed by atoms with Crippen LogP contribution in [-0.2, 0) is 0 Å². The van der Waals surface area contributed by atoms with Crippen molar-refractivity contribution in [2.45, 2.75) is 6.92 Å². The molecule has 23 heavy (non-hydrogen) atoms. The molecule has 0 aliphatic heterocycles. The molecule has 0 atom stereocenters. The molecule has 2 aromatic rings. The molecule has 7 heteroatoms. The second-order valence-corrected chi connectivity index (χ2v) is 5.53. The molecule has 0 aromatic heterocycles. The Bertz CT molecular complexity index is 775. The highest BCUT2D eigenvalue weighted by atomic mass is 35.5. The van der Waals surface area contributed by atoms with Gasteiger partial charge in [-0.1, -0.05) is 23.7 Å². The van der Waals surface area contributed by atoms with Crippen molar-refractivity contribution in [3.8, 4) is 0 Å². The molecule has 2 rings (SSSR count). The maximum Gasteiger partial charge on any atom is 0.257 e. The minimum absolute atomic E-state index is 0.0572. The molecule has 0 aliphatic rings. The Labute approximate surface area is 143 Å². The van der Waals surface area contributed by atoms with Crippen LogP contribution in [0.15, 0.2) is 42.5 Å². The number of halogens is 1. The van der Waals surface area contributed by atoms with Crippen LogP contribution in [0.5, 0.6) is 0 Å². The summed E-state index contributed by atoms with van der Waals surface area (Å²) in [4.78, 5) is 23.0. The Morgan fingerprint density at radius 2 is 1.78 bits per heavy atom. The van der Waals surface area contributed by atoms with E-state index in [0.29, 0.717) is 21.8 Å². The first-order valence-corrected chi connectivity index (χ1v) is 7.36. The molecular weight excluding hydrogens is 336 g/mol. The van der Waals surface area contributed by atoms with Crippen molar-refractivity contribution in [3.63, 3.8) is 0 Å². The van der Waals surface area contributed by atoms with E-state index in [1.165, 1.54) is 6.07 Å². The van der Waals surface area contributed by atoms with Crippen LogP contribution in [0.25, 0.3) is 0 Å². The number of nitrogens with one attached hydrogen (secondary N) is 2. The van der Waals surface area contributed by atoms with Crippen molar-refractivity contribution in [2.75, 3.05) is 5.32 Å². The van der Waals surface area contributed by atoms with E-state index < -0.39 is 11.9 Å². The van der Waals surface area contributed by atoms with Gasteiger partial charge < -0.3 is 15.2 Å². The van der Waals surface area contributed by atoms with E-state index in [-0.39, 0.29) is 10.7 Å². The van der Waals surface area contributed by atoms with Crippen LogP contribution in [-0.4, -0.2) is 17.0 Å². The molecule has 118 valence electrons. The molecule has 0 unspecified atom stereocenters. The van der Waals surface area contributed by atoms with Gasteiger partial charge >= 0.3 is 0 Å². The second-order valence-electron chi connectivity index (χ2n) is 4.68. The lowest BCUT2D eigenvalue weighted by atomic mass is 10.1. The zero-order chi connectivity index (χ0) is 17.0. The van der Waals surface area contributed by atoms with Gasteiger partial charge in [0.25, 0.3) is 5.91 Å². The summed E-state index contributed by atoms with van der Waals surface area (Å²) < 4.78 is 0. The minimum atomic E-state index is -1.28. The third kappa shape index (κ3) is 4.28. The van der Waals surface area contributed by atoms with Gasteiger partial charge in [-0.25, -0.2) is 0 Å². The molecule has 0 saturated carbocycles. The van der Waals surface area contributed by atoms with Crippen LogP contribution in [0.2, 0.25) is 5.02 Å². The summed E-state index contributed by atoms with van der Waals surface area (Å²) >= 11 is 10.8. The first kappa shape index (κ1) is 16.9. The number of carbonyl (C=O) groups is 2. The van der Waals surface area contributed by atoms with Crippen LogP contribution in [0.3, 0.4) is 0 Å². The number of amides is 1. The maximum atomic E-state index is 12.0. The third-order valence-electron chi connectivity index (χ3n) is 3.14. The van der Waals surface area contributed by atoms with Gasteiger partial charge in [-0.15, -0.1) is 0 Å². The lowest BCUT2D eigenvalue weighted by molar-refractivity contribution is -0.255. The van der Waals surface area contributed by atoms with E-state index >= 15 is 0 Å². The summed E-state index contributed by atoms with van der Waals surface area (Å²) in [6.45, 7) is 1.62. The molecule has 0 aliphatic carbocycles. The Hall–Kier alpha value is -2.44. The zero-order valence-corrected chi connectivity index (χ0v) is 13.6. The molecule has 0 heterocycles. The Morgan fingerprint density at radius 1 is 1.13 bits per heavy atom. The Balaban J connectivity index is 2.08. The van der Waals surface area contributed by atoms with Gasteiger partial charge in [-0.05, 0) is 55.0 Å². The first-order valence-electron chi connectivity index (χ1n) is 6.57. The van der Waals surface area contributed by atoms with Gasteiger partial charge in [0, 0.05) is 21.8 Å². The van der Waals surface area contributed by atoms with Crippen molar-refractivity contribution in [1.82, 2.24) is 5.32 Å². The number of carboxylic acid groups (broad SMARTS) is 1. The van der Waals surface area contributed by atoms with E-state index in [2.05, 4.69) is 10.6 Å². The lowest BCUT2D eigenvalue weighted by Crippen LogP contribution is -2.34. The number of carboxylic acids is 1. The Kier molecular flexibility index (Phi) is 5.31. The monoisotopic (exact) mass is 347 g/mol. The van der Waals surface area contributed by atoms with Crippen molar-refractivity contribution < 1.29 is 14.7 Å². The average molecular weight is 348 g/mol. The average Bonchev–Trinajstić information content (AvgIpc) is 2.49. The number of carbonyl (C=O) groups excluding carboxylic acids is 2. The van der Waals surface area contributed by atoms with E-state index in [0.717, 1.165) is 0 Å². The van der Waals surface area contributed by atoms with Gasteiger partial charge in [0.2, 0.25) is 0 Å². The number of anilines is 1. The van der Waals surface area contributed by atoms with E-state index in [1.807, 2.05) is 0 Å². The largest absolute Gasteiger partial charge is 0.545 e. The molecule has 2 N–H and O–H groups in total. The van der Waals surface area contributed by atoms with Crippen LogP contribution in [0, 0.1) is 6.92 Å². The van der Waals surface area contributed by atoms with Crippen LogP contribution in [0.1, 0.15) is 26.3 Å². The molecular formula is C16H12ClN2O3S-. The predicted octanol–water partition coefficient (Wildman–Crippen LogP) is 2.14. The fourth-order valence-corrected chi connectivity index (χ4v) is 2.25. The summed E-state index contributed by atoms with van der Waals surface area (Å²) in [6.07, 6.45) is 0. The topological polar surface area (TPSA) is 81.3 Å². The van der Waals surface area contributed by atoms with E-state index in [4.69, 9.17) is 23.8 Å². The summed E-state index contributed by atoms with van der Waals surface area (Å²) in [5, 5.41) is 16.9. The van der Waals surface area contributed by atoms with Gasteiger partial charge in [0.15, 0.2) is 5.11 Å². The summed E-state index contributed by atoms with van der Waals surface area (Å²) in [5.74, 6) is -1.67. The molecule has 2 aromatic carbocycles. The quantitative estimate of drug-likeness (QED) is 0.831. The van der Waals surface area contributed by atoms with E-state index in [9.17, 15) is 14.7 Å². The number of hydrogen-bond acceptors (Lipinski definition) is 4. The molecule has 0 radical (unpaired) electrons. The van der Waals surface area contributed by atoms with Crippen LogP contribution in [0.4, 0.5) is 5.69 Å². The fraction of sp³-hybridized carbons (Fsp3) is 0.0625. The highest BCUT2D eigenvalue weighted by Crippen LogP contribution is 2.18. The fourth-order valence-electron chi connectivity index (χ4n) is 1.92. The van der Waals surface area contributed by atoms with Crippen LogP contribution < -0.4 is 15.7 Å². The highest BCUT2D eigenvalue weighted by Gasteiger charge is 2.10. The van der Waals surface area contributed by atoms with Crippen molar-refractivity contribution >= 4 is 46.5 Å². The summed E-state index contributed by atoms with van der Waals surface area (Å²) in [6, 6.07) is 11.0. The zero-order valence-electron chi connectivity index (χ0n) is 12.1. The van der Waals surface area contributed by atoms with Crippen molar-refractivity contribution in [1.29, 1.82) is 0 Å². The van der Waals surface area contributed by atoms with E-state index in [1.54, 1.807) is 43.3 Å². The number of aromatic carboxylic acids is 1. The first-order chi connectivity index (χ1) is 10.9. The van der Waals surface area contributed by atoms with Gasteiger partial charge in [-0.2, -0.15) is 0 Å². The summed E-state index contributed by atoms with van der Waals surface area (Å²) in [7, 11) is 0. The van der Waals surface area contributed by atoms with Crippen molar-refractivity contribution in [2.24, 2.45) is 0 Å². The Morgan fingerprint density at radius 3 is 2.39 bits per heavy atom.